The van der Waals surface area contributed by atoms with Crippen molar-refractivity contribution in [1.29, 1.82) is 10.5 Å². The highest BCUT2D eigenvalue weighted by Gasteiger charge is 2.37. The maximum atomic E-state index is 9.45. The number of nitrogens with zero attached hydrogens (tertiary/aromatic N) is 2. The minimum absolute atomic E-state index is 0.282. The molecule has 0 amide bonds. The summed E-state index contributed by atoms with van der Waals surface area (Å²) in [5.74, 6) is 0.282. The van der Waals surface area contributed by atoms with Crippen LogP contribution in [-0.2, 0) is 0 Å². The van der Waals surface area contributed by atoms with E-state index in [-0.39, 0.29) is 5.92 Å². The second-order valence-electron chi connectivity index (χ2n) is 4.79. The third-order valence-corrected chi connectivity index (χ3v) is 3.59. The maximum Gasteiger partial charge on any atom is 0.168 e. The van der Waals surface area contributed by atoms with Crippen molar-refractivity contribution >= 4 is 0 Å². The first-order valence-electron chi connectivity index (χ1n) is 6.49. The first-order chi connectivity index (χ1) is 8.74. The van der Waals surface area contributed by atoms with E-state index in [1.807, 2.05) is 6.08 Å². The highest BCUT2D eigenvalue weighted by atomic mass is 14.4. The van der Waals surface area contributed by atoms with Gasteiger partial charge in [-0.25, -0.2) is 0 Å². The summed E-state index contributed by atoms with van der Waals surface area (Å²) in [5, 5.41) is 18.9. The van der Waals surface area contributed by atoms with Crippen LogP contribution in [0, 0.1) is 34.0 Å². The summed E-state index contributed by atoms with van der Waals surface area (Å²) in [6.07, 6.45) is 11.2. The molecule has 1 atom stereocenters. The predicted molar refractivity (Wildman–Crippen MR) is 73.3 cm³/mol. The van der Waals surface area contributed by atoms with Gasteiger partial charge in [0, 0.05) is 6.42 Å². The fourth-order valence-corrected chi connectivity index (χ4v) is 2.66. The van der Waals surface area contributed by atoms with Gasteiger partial charge < -0.3 is 0 Å². The highest BCUT2D eigenvalue weighted by Crippen LogP contribution is 2.41. The Bertz CT molecular complexity index is 403. The molecule has 0 spiro atoms. The largest absolute Gasteiger partial charge is 0.196 e. The van der Waals surface area contributed by atoms with Crippen molar-refractivity contribution in [3.63, 3.8) is 0 Å². The third-order valence-electron chi connectivity index (χ3n) is 3.59. The van der Waals surface area contributed by atoms with E-state index in [1.54, 1.807) is 6.08 Å². The average molecular weight is 240 g/mol. The second-order valence-corrected chi connectivity index (χ2v) is 4.79. The van der Waals surface area contributed by atoms with Crippen LogP contribution in [0.5, 0.6) is 0 Å². The number of hydrogen-bond acceptors (Lipinski definition) is 2. The fraction of sp³-hybridized carbons (Fsp3) is 0.500. The second kappa shape index (κ2) is 6.82. The lowest BCUT2D eigenvalue weighted by atomic mass is 9.72. The molecule has 0 fully saturated rings. The summed E-state index contributed by atoms with van der Waals surface area (Å²) >= 11 is 0. The Morgan fingerprint density at radius 3 is 2.56 bits per heavy atom. The lowest BCUT2D eigenvalue weighted by molar-refractivity contribution is 0.467. The molecule has 0 radical (unpaired) electrons. The molecule has 18 heavy (non-hydrogen) atoms. The van der Waals surface area contributed by atoms with E-state index in [2.05, 4.69) is 31.4 Å². The first-order valence-corrected chi connectivity index (χ1v) is 6.49. The van der Waals surface area contributed by atoms with Crippen LogP contribution >= 0.6 is 0 Å². The van der Waals surface area contributed by atoms with Gasteiger partial charge in [0.15, 0.2) is 5.41 Å². The monoisotopic (exact) mass is 240 g/mol. The van der Waals surface area contributed by atoms with Gasteiger partial charge in [-0.15, -0.1) is 13.2 Å². The van der Waals surface area contributed by atoms with Gasteiger partial charge in [-0.2, -0.15) is 10.5 Å². The quantitative estimate of drug-likeness (QED) is 0.673. The van der Waals surface area contributed by atoms with E-state index in [4.69, 9.17) is 0 Å². The minimum Gasteiger partial charge on any atom is -0.196 e. The van der Waals surface area contributed by atoms with Gasteiger partial charge >= 0.3 is 0 Å². The van der Waals surface area contributed by atoms with E-state index in [1.165, 1.54) is 0 Å². The van der Waals surface area contributed by atoms with Crippen LogP contribution in [0.2, 0.25) is 0 Å². The first kappa shape index (κ1) is 14.3. The predicted octanol–water partition coefficient (Wildman–Crippen LogP) is 4.29. The van der Waals surface area contributed by atoms with E-state index in [9.17, 15) is 10.5 Å². The number of rotatable bonds is 5. The molecule has 1 aliphatic carbocycles. The molecular formula is C16H20N2. The smallest absolute Gasteiger partial charge is 0.168 e. The summed E-state index contributed by atoms with van der Waals surface area (Å²) in [6.45, 7) is 7.47. The van der Waals surface area contributed by atoms with Gasteiger partial charge in [0.1, 0.15) is 0 Å². The van der Waals surface area contributed by atoms with Gasteiger partial charge in [0.25, 0.3) is 0 Å². The Kier molecular flexibility index (Phi) is 5.40. The molecule has 0 heterocycles. The van der Waals surface area contributed by atoms with Crippen LogP contribution in [0.4, 0.5) is 0 Å². The van der Waals surface area contributed by atoms with Crippen LogP contribution in [0.15, 0.2) is 37.0 Å². The third kappa shape index (κ3) is 2.90. The number of hydrogen-bond donors (Lipinski definition) is 0. The lowest BCUT2D eigenvalue weighted by Gasteiger charge is -2.27. The van der Waals surface area contributed by atoms with E-state index in [0.717, 1.165) is 37.7 Å². The molecule has 0 aromatic rings. The highest BCUT2D eigenvalue weighted by molar-refractivity contribution is 5.36. The SMILES string of the molecule is C=CCC1CCCCC=C1C(C#N)(C#N)CC=C. The van der Waals surface area contributed by atoms with Crippen molar-refractivity contribution < 1.29 is 0 Å². The van der Waals surface area contributed by atoms with Gasteiger partial charge in [-0.05, 0) is 37.2 Å². The fourth-order valence-electron chi connectivity index (χ4n) is 2.66. The maximum absolute atomic E-state index is 9.45. The molecule has 0 aromatic heterocycles. The Morgan fingerprint density at radius 2 is 2.00 bits per heavy atom. The van der Waals surface area contributed by atoms with Crippen LogP contribution in [0.25, 0.3) is 0 Å². The van der Waals surface area contributed by atoms with Gasteiger partial charge in [-0.3, -0.25) is 0 Å². The molecule has 1 rings (SSSR count). The van der Waals surface area contributed by atoms with E-state index < -0.39 is 5.41 Å². The van der Waals surface area contributed by atoms with Gasteiger partial charge in [-0.1, -0.05) is 24.6 Å². The van der Waals surface area contributed by atoms with Crippen LogP contribution in [0.3, 0.4) is 0 Å². The molecule has 94 valence electrons. The molecule has 0 saturated carbocycles. The molecule has 1 unspecified atom stereocenters. The standard InChI is InChI=1S/C16H20N2/c1-3-8-14-9-6-5-7-10-15(14)16(12-17,13-18)11-4-2/h3-4,10,14H,1-2,5-9,11H2. The van der Waals surface area contributed by atoms with E-state index in [0.29, 0.717) is 6.42 Å². The summed E-state index contributed by atoms with van der Waals surface area (Å²) in [5.41, 5.74) is -0.0375. The number of nitriles is 2. The molecule has 2 nitrogen and oxygen atoms in total. The molecule has 0 bridgehead atoms. The Hall–Kier alpha value is -1.80. The molecule has 0 N–H and O–H groups in total. The zero-order chi connectivity index (χ0) is 13.4. The lowest BCUT2D eigenvalue weighted by Crippen LogP contribution is -2.24. The normalized spacial score (nSPS) is 19.9. The van der Waals surface area contributed by atoms with Crippen molar-refractivity contribution in [3.05, 3.63) is 37.0 Å². The van der Waals surface area contributed by atoms with Crippen LogP contribution in [0.1, 0.15) is 38.5 Å². The summed E-state index contributed by atoms with van der Waals surface area (Å²) in [4.78, 5) is 0. The molecular weight excluding hydrogens is 220 g/mol. The van der Waals surface area contributed by atoms with Crippen molar-refractivity contribution in [2.45, 2.75) is 38.5 Å². The molecule has 0 aromatic carbocycles. The molecule has 0 saturated heterocycles. The van der Waals surface area contributed by atoms with Crippen molar-refractivity contribution in [1.82, 2.24) is 0 Å². The summed E-state index contributed by atoms with van der Waals surface area (Å²) in [7, 11) is 0. The zero-order valence-electron chi connectivity index (χ0n) is 10.9. The Labute approximate surface area is 110 Å². The van der Waals surface area contributed by atoms with Crippen LogP contribution in [-0.4, -0.2) is 0 Å². The Morgan fingerprint density at radius 1 is 1.28 bits per heavy atom. The Balaban J connectivity index is 3.17. The van der Waals surface area contributed by atoms with Crippen LogP contribution < -0.4 is 0 Å². The average Bonchev–Trinajstić information content (AvgIpc) is 2.63. The molecule has 1 aliphatic rings. The topological polar surface area (TPSA) is 47.6 Å². The van der Waals surface area contributed by atoms with Crippen molar-refractivity contribution in [2.24, 2.45) is 11.3 Å². The number of allylic oxidation sites excluding steroid dienone is 4. The minimum atomic E-state index is -1.03. The van der Waals surface area contributed by atoms with Crippen molar-refractivity contribution in [3.8, 4) is 12.1 Å². The van der Waals surface area contributed by atoms with Gasteiger partial charge in [0.2, 0.25) is 0 Å². The molecule has 0 aliphatic heterocycles. The molecule has 2 heteroatoms. The van der Waals surface area contributed by atoms with E-state index >= 15 is 0 Å². The summed E-state index contributed by atoms with van der Waals surface area (Å²) in [6, 6.07) is 4.43. The van der Waals surface area contributed by atoms with Crippen molar-refractivity contribution in [2.75, 3.05) is 0 Å². The zero-order valence-corrected chi connectivity index (χ0v) is 10.9. The van der Waals surface area contributed by atoms with Gasteiger partial charge in [0.05, 0.1) is 12.1 Å². The summed E-state index contributed by atoms with van der Waals surface area (Å²) < 4.78 is 0.